The molecule has 3 nitrogen and oxygen atoms in total. The van der Waals surface area contributed by atoms with Gasteiger partial charge in [0.25, 0.3) is 0 Å². The van der Waals surface area contributed by atoms with E-state index in [4.69, 9.17) is 13.8 Å². The molecular formula is C51H39NO2. The molecule has 1 aliphatic rings. The molecular weight excluding hydrogens is 659 g/mol. The van der Waals surface area contributed by atoms with Crippen LogP contribution in [-0.2, 0) is 0 Å². The van der Waals surface area contributed by atoms with E-state index < -0.39 is 0 Å². The minimum absolute atomic E-state index is 0.0611. The van der Waals surface area contributed by atoms with Crippen molar-refractivity contribution in [2.75, 3.05) is 0 Å². The predicted octanol–water partition coefficient (Wildman–Crippen LogP) is 14.4. The van der Waals surface area contributed by atoms with Gasteiger partial charge in [0.15, 0.2) is 0 Å². The number of nitrogens with zero attached hydrogens (tertiary/aromatic N) is 1. The molecule has 9 aromatic rings. The highest BCUT2D eigenvalue weighted by Gasteiger charge is 2.25. The molecule has 0 saturated heterocycles. The molecule has 0 radical (unpaired) electrons. The zero-order valence-electron chi connectivity index (χ0n) is 30.3. The van der Waals surface area contributed by atoms with E-state index >= 15 is 0 Å². The van der Waals surface area contributed by atoms with Gasteiger partial charge in [0.05, 0.1) is 11.8 Å². The summed E-state index contributed by atoms with van der Waals surface area (Å²) in [6.07, 6.45) is 3.84. The summed E-state index contributed by atoms with van der Waals surface area (Å²) in [5.74, 6) is 0. The number of aliphatic imine (C=N–C) groups is 1. The maximum absolute atomic E-state index is 6.86. The largest absolute Gasteiger partial charge is 0.456 e. The Balaban J connectivity index is 1.13. The molecule has 0 aliphatic carbocycles. The van der Waals surface area contributed by atoms with Crippen LogP contribution in [0, 0.1) is 0 Å². The Morgan fingerprint density at radius 2 is 1.19 bits per heavy atom. The second-order valence-corrected chi connectivity index (χ2v) is 14.3. The lowest BCUT2D eigenvalue weighted by molar-refractivity contribution is 0.600. The molecule has 10 rings (SSSR count). The monoisotopic (exact) mass is 697 g/mol. The second-order valence-electron chi connectivity index (χ2n) is 14.3. The molecule has 0 fully saturated rings. The van der Waals surface area contributed by atoms with Gasteiger partial charge in [0.2, 0.25) is 0 Å². The Bertz CT molecular complexity index is 2870. The highest BCUT2D eigenvalue weighted by atomic mass is 16.3. The molecule has 7 aromatic carbocycles. The Labute approximate surface area is 314 Å². The van der Waals surface area contributed by atoms with Crippen LogP contribution < -0.4 is 0 Å². The lowest BCUT2D eigenvalue weighted by atomic mass is 9.85. The van der Waals surface area contributed by atoms with E-state index in [1.807, 2.05) is 12.1 Å². The van der Waals surface area contributed by atoms with Crippen LogP contribution in [0.4, 0.5) is 0 Å². The normalized spacial score (nSPS) is 15.2. The number of furan rings is 2. The molecule has 0 bridgehead atoms. The van der Waals surface area contributed by atoms with Gasteiger partial charge in [-0.25, -0.2) is 0 Å². The Hall–Kier alpha value is -6.45. The lowest BCUT2D eigenvalue weighted by Crippen LogP contribution is -2.13. The van der Waals surface area contributed by atoms with Gasteiger partial charge in [-0.1, -0.05) is 146 Å². The summed E-state index contributed by atoms with van der Waals surface area (Å²) in [5.41, 5.74) is 15.7. The number of rotatable bonds is 6. The number of benzene rings is 7. The van der Waals surface area contributed by atoms with Crippen LogP contribution in [0.15, 0.2) is 183 Å². The Morgan fingerprint density at radius 3 is 2.00 bits per heavy atom. The van der Waals surface area contributed by atoms with Gasteiger partial charge in [-0.3, -0.25) is 4.99 Å². The minimum Gasteiger partial charge on any atom is -0.456 e. The SMILES string of the molecule is CCC1=C(c2ccccc2)CCCC(c2cccc3c2oc2cccc(-c4ccc5oc6ccccc6c5c4)c23)N=C1c1ccc(-c2ccccc2)cc1. The van der Waals surface area contributed by atoms with Crippen molar-refractivity contribution in [1.82, 2.24) is 0 Å². The zero-order chi connectivity index (χ0) is 36.0. The van der Waals surface area contributed by atoms with Crippen molar-refractivity contribution in [3.05, 3.63) is 186 Å². The van der Waals surface area contributed by atoms with Crippen LogP contribution >= 0.6 is 0 Å². The number of hydrogen-bond donors (Lipinski definition) is 0. The van der Waals surface area contributed by atoms with Crippen molar-refractivity contribution < 1.29 is 8.83 Å². The van der Waals surface area contributed by atoms with Crippen molar-refractivity contribution in [2.45, 2.75) is 38.6 Å². The summed E-state index contributed by atoms with van der Waals surface area (Å²) in [4.78, 5) is 5.75. The van der Waals surface area contributed by atoms with E-state index in [1.54, 1.807) is 0 Å². The molecule has 1 unspecified atom stereocenters. The van der Waals surface area contributed by atoms with Crippen molar-refractivity contribution in [2.24, 2.45) is 4.99 Å². The molecule has 2 aromatic heterocycles. The summed E-state index contributed by atoms with van der Waals surface area (Å²) < 4.78 is 13.0. The van der Waals surface area contributed by atoms with Crippen LogP contribution in [-0.4, -0.2) is 5.71 Å². The number of hydrogen-bond acceptors (Lipinski definition) is 3. The van der Waals surface area contributed by atoms with Gasteiger partial charge in [0, 0.05) is 32.7 Å². The zero-order valence-corrected chi connectivity index (χ0v) is 30.3. The quantitative estimate of drug-likeness (QED) is 0.173. The van der Waals surface area contributed by atoms with E-state index in [1.165, 1.54) is 27.8 Å². The van der Waals surface area contributed by atoms with Gasteiger partial charge < -0.3 is 8.83 Å². The molecule has 1 atom stereocenters. The van der Waals surface area contributed by atoms with Gasteiger partial charge >= 0.3 is 0 Å². The molecule has 3 heterocycles. The summed E-state index contributed by atoms with van der Waals surface area (Å²) in [6.45, 7) is 2.27. The fourth-order valence-corrected chi connectivity index (χ4v) is 8.59. The van der Waals surface area contributed by atoms with Gasteiger partial charge in [-0.2, -0.15) is 0 Å². The fraction of sp³-hybridized carbons (Fsp3) is 0.118. The molecule has 54 heavy (non-hydrogen) atoms. The predicted molar refractivity (Wildman–Crippen MR) is 225 cm³/mol. The summed E-state index contributed by atoms with van der Waals surface area (Å²) in [6, 6.07) is 58.2. The summed E-state index contributed by atoms with van der Waals surface area (Å²) >= 11 is 0. The third kappa shape index (κ3) is 5.56. The third-order valence-electron chi connectivity index (χ3n) is 11.2. The van der Waals surface area contributed by atoms with E-state index in [2.05, 4.69) is 159 Å². The Morgan fingerprint density at radius 1 is 0.537 bits per heavy atom. The molecule has 0 saturated carbocycles. The number of fused-ring (bicyclic) bond motifs is 6. The van der Waals surface area contributed by atoms with Crippen LogP contribution in [0.3, 0.4) is 0 Å². The highest BCUT2D eigenvalue weighted by Crippen LogP contribution is 2.43. The maximum atomic E-state index is 6.86. The molecule has 3 heteroatoms. The Kier molecular flexibility index (Phi) is 8.06. The van der Waals surface area contributed by atoms with Crippen molar-refractivity contribution in [1.29, 1.82) is 0 Å². The first-order valence-corrected chi connectivity index (χ1v) is 19.1. The average Bonchev–Trinajstić information content (AvgIpc) is 3.80. The average molecular weight is 698 g/mol. The molecule has 0 amide bonds. The van der Waals surface area contributed by atoms with E-state index in [-0.39, 0.29) is 6.04 Å². The molecule has 0 N–H and O–H groups in total. The van der Waals surface area contributed by atoms with Crippen LogP contribution in [0.5, 0.6) is 0 Å². The maximum Gasteiger partial charge on any atom is 0.140 e. The first-order valence-electron chi connectivity index (χ1n) is 19.1. The van der Waals surface area contributed by atoms with Crippen molar-refractivity contribution in [3.8, 4) is 22.3 Å². The van der Waals surface area contributed by atoms with Gasteiger partial charge in [-0.15, -0.1) is 0 Å². The van der Waals surface area contributed by atoms with E-state index in [9.17, 15) is 0 Å². The van der Waals surface area contributed by atoms with Gasteiger partial charge in [0.1, 0.15) is 22.3 Å². The van der Waals surface area contributed by atoms with Crippen LogP contribution in [0.2, 0.25) is 0 Å². The summed E-state index contributed by atoms with van der Waals surface area (Å²) in [7, 11) is 0. The molecule has 1 aliphatic heterocycles. The minimum atomic E-state index is -0.0611. The number of allylic oxidation sites excluding steroid dienone is 2. The van der Waals surface area contributed by atoms with E-state index in [0.717, 1.165) is 97.5 Å². The smallest absolute Gasteiger partial charge is 0.140 e. The van der Waals surface area contributed by atoms with Crippen LogP contribution in [0.25, 0.3) is 71.7 Å². The van der Waals surface area contributed by atoms with Gasteiger partial charge in [-0.05, 0) is 88.9 Å². The number of para-hydroxylation sites is 2. The lowest BCUT2D eigenvalue weighted by Gasteiger charge is -2.24. The standard InChI is InChI=1S/C51H39NO2/c1-2-38-39(35-16-7-4-8-17-35)19-12-23-45(52-50(38)36-28-26-34(27-29-36)33-14-5-3-6-15-33)42-21-11-22-43-49-40(20-13-25-48(49)54-51(42)43)37-30-31-47-44(32-37)41-18-9-10-24-46(41)53-47/h3-11,13-18,20-22,24-32,45H,2,12,19,23H2,1H3. The molecule has 0 spiro atoms. The first-order chi connectivity index (χ1) is 26.7. The highest BCUT2D eigenvalue weighted by molar-refractivity contribution is 6.17. The summed E-state index contributed by atoms with van der Waals surface area (Å²) in [5, 5.41) is 4.51. The second kappa shape index (κ2) is 13.5. The van der Waals surface area contributed by atoms with E-state index in [0.29, 0.717) is 0 Å². The van der Waals surface area contributed by atoms with Crippen LogP contribution in [0.1, 0.15) is 55.3 Å². The van der Waals surface area contributed by atoms with Crippen molar-refractivity contribution >= 4 is 55.2 Å². The fourth-order valence-electron chi connectivity index (χ4n) is 8.59. The van der Waals surface area contributed by atoms with Crippen molar-refractivity contribution in [3.63, 3.8) is 0 Å². The third-order valence-corrected chi connectivity index (χ3v) is 11.2. The first kappa shape index (κ1) is 32.2. The topological polar surface area (TPSA) is 38.6 Å². The molecule has 260 valence electrons.